The predicted molar refractivity (Wildman–Crippen MR) is 73.7 cm³/mol. The Morgan fingerprint density at radius 2 is 2.14 bits per heavy atom. The topological polar surface area (TPSA) is 110 Å². The number of hydrogen-bond donors (Lipinski definition) is 1. The first-order valence-corrected chi connectivity index (χ1v) is 6.65. The van der Waals surface area contributed by atoms with Gasteiger partial charge in [-0.25, -0.2) is 4.68 Å². The van der Waals surface area contributed by atoms with Gasteiger partial charge in [-0.2, -0.15) is 5.10 Å². The Hall–Kier alpha value is -2.45. The Labute approximate surface area is 121 Å². The van der Waals surface area contributed by atoms with Crippen molar-refractivity contribution >= 4 is 23.3 Å². The second-order valence-corrected chi connectivity index (χ2v) is 4.95. The van der Waals surface area contributed by atoms with Gasteiger partial charge in [-0.15, -0.1) is 0 Å². The van der Waals surface area contributed by atoms with Crippen LogP contribution in [-0.4, -0.2) is 44.5 Å². The summed E-state index contributed by atoms with van der Waals surface area (Å²) >= 11 is 0. The number of amides is 2. The number of likely N-dealkylation sites (tertiary alicyclic amines) is 1. The molecule has 2 rings (SSSR count). The van der Waals surface area contributed by atoms with Crippen molar-refractivity contribution in [3.05, 3.63) is 15.8 Å². The van der Waals surface area contributed by atoms with Crippen molar-refractivity contribution in [2.75, 3.05) is 12.4 Å². The Morgan fingerprint density at radius 1 is 1.48 bits per heavy atom. The number of hydrogen-bond acceptors (Lipinski definition) is 6. The zero-order valence-corrected chi connectivity index (χ0v) is 12.1. The first-order chi connectivity index (χ1) is 9.86. The average Bonchev–Trinajstić information content (AvgIpc) is 2.83. The van der Waals surface area contributed by atoms with Gasteiger partial charge < -0.3 is 5.32 Å². The lowest BCUT2D eigenvalue weighted by Crippen LogP contribution is -2.32. The summed E-state index contributed by atoms with van der Waals surface area (Å²) in [6.07, 6.45) is 0.729. The zero-order chi connectivity index (χ0) is 15.7. The van der Waals surface area contributed by atoms with Crippen LogP contribution in [0.15, 0.2) is 0 Å². The van der Waals surface area contributed by atoms with Gasteiger partial charge in [-0.05, 0) is 13.3 Å². The number of carbonyl (C=O) groups is 2. The van der Waals surface area contributed by atoms with E-state index in [4.69, 9.17) is 0 Å². The lowest BCUT2D eigenvalue weighted by atomic mass is 10.2. The standard InChI is InChI=1S/C12H17N5O4/c1-4-5-16-11(10(17(20)21)7(2)14-16)13-8-6-9(18)15(3)12(8)19/h8,13H,4-6H2,1-3H3. The van der Waals surface area contributed by atoms with Gasteiger partial charge in [0.15, 0.2) is 0 Å². The number of nitrogens with zero attached hydrogens (tertiary/aromatic N) is 4. The minimum atomic E-state index is -0.784. The molecular formula is C12H17N5O4. The normalized spacial score (nSPS) is 18.4. The van der Waals surface area contributed by atoms with Gasteiger partial charge in [0.2, 0.25) is 11.7 Å². The van der Waals surface area contributed by atoms with E-state index in [2.05, 4.69) is 10.4 Å². The van der Waals surface area contributed by atoms with Gasteiger partial charge in [0.05, 0.1) is 11.3 Å². The van der Waals surface area contributed by atoms with Crippen molar-refractivity contribution in [3.63, 3.8) is 0 Å². The molecule has 0 radical (unpaired) electrons. The van der Waals surface area contributed by atoms with Crippen LogP contribution in [0.2, 0.25) is 0 Å². The highest BCUT2D eigenvalue weighted by atomic mass is 16.6. The van der Waals surface area contributed by atoms with Crippen LogP contribution in [0.3, 0.4) is 0 Å². The van der Waals surface area contributed by atoms with Gasteiger partial charge in [-0.1, -0.05) is 6.92 Å². The van der Waals surface area contributed by atoms with Crippen LogP contribution >= 0.6 is 0 Å². The van der Waals surface area contributed by atoms with Gasteiger partial charge in [-0.3, -0.25) is 24.6 Å². The molecule has 1 atom stereocenters. The summed E-state index contributed by atoms with van der Waals surface area (Å²) in [7, 11) is 1.40. The highest BCUT2D eigenvalue weighted by Crippen LogP contribution is 2.30. The van der Waals surface area contributed by atoms with Crippen molar-refractivity contribution < 1.29 is 14.5 Å². The molecule has 1 saturated heterocycles. The monoisotopic (exact) mass is 295 g/mol. The number of aromatic nitrogens is 2. The number of imide groups is 1. The molecule has 1 aromatic heterocycles. The summed E-state index contributed by atoms with van der Waals surface area (Å²) in [6.45, 7) is 3.95. The molecule has 0 saturated carbocycles. The molecule has 1 N–H and O–H groups in total. The van der Waals surface area contributed by atoms with Crippen LogP contribution in [0, 0.1) is 17.0 Å². The van der Waals surface area contributed by atoms with Crippen molar-refractivity contribution in [3.8, 4) is 0 Å². The Bertz CT molecular complexity index is 609. The number of likely N-dealkylation sites (N-methyl/N-ethyl adjacent to an activating group) is 1. The number of anilines is 1. The SMILES string of the molecule is CCCn1nc(C)c([N+](=O)[O-])c1NC1CC(=O)N(C)C1=O. The molecule has 1 fully saturated rings. The van der Waals surface area contributed by atoms with Crippen LogP contribution < -0.4 is 5.32 Å². The van der Waals surface area contributed by atoms with Crippen molar-refractivity contribution in [1.82, 2.24) is 14.7 Å². The first-order valence-electron chi connectivity index (χ1n) is 6.65. The molecule has 0 spiro atoms. The van der Waals surface area contributed by atoms with Gasteiger partial charge in [0, 0.05) is 13.6 Å². The molecule has 1 aromatic rings. The van der Waals surface area contributed by atoms with Crippen LogP contribution in [0.5, 0.6) is 0 Å². The molecule has 1 aliphatic heterocycles. The third-order valence-corrected chi connectivity index (χ3v) is 3.41. The fraction of sp³-hybridized carbons (Fsp3) is 0.583. The van der Waals surface area contributed by atoms with Crippen LogP contribution in [0.4, 0.5) is 11.5 Å². The third-order valence-electron chi connectivity index (χ3n) is 3.41. The van der Waals surface area contributed by atoms with Gasteiger partial charge >= 0.3 is 5.69 Å². The van der Waals surface area contributed by atoms with E-state index in [1.165, 1.54) is 11.7 Å². The number of nitrogens with one attached hydrogen (secondary N) is 1. The van der Waals surface area contributed by atoms with Crippen molar-refractivity contribution in [1.29, 1.82) is 0 Å². The average molecular weight is 295 g/mol. The summed E-state index contributed by atoms with van der Waals surface area (Å²) < 4.78 is 1.48. The maximum atomic E-state index is 11.9. The highest BCUT2D eigenvalue weighted by molar-refractivity contribution is 6.06. The van der Waals surface area contributed by atoms with Crippen molar-refractivity contribution in [2.24, 2.45) is 0 Å². The molecule has 114 valence electrons. The van der Waals surface area contributed by atoms with E-state index in [-0.39, 0.29) is 29.5 Å². The minimum absolute atomic E-state index is 0.0111. The number of rotatable bonds is 5. The molecule has 2 heterocycles. The number of aryl methyl sites for hydroxylation is 2. The second-order valence-electron chi connectivity index (χ2n) is 4.95. The smallest absolute Gasteiger partial charge is 0.333 e. The van der Waals surface area contributed by atoms with Crippen LogP contribution in [-0.2, 0) is 16.1 Å². The second kappa shape index (κ2) is 5.51. The van der Waals surface area contributed by atoms with E-state index in [0.29, 0.717) is 6.54 Å². The summed E-state index contributed by atoms with van der Waals surface area (Å²) in [4.78, 5) is 35.1. The molecule has 9 nitrogen and oxygen atoms in total. The fourth-order valence-electron chi connectivity index (χ4n) is 2.34. The summed E-state index contributed by atoms with van der Waals surface area (Å²) in [6, 6.07) is -0.784. The molecule has 1 unspecified atom stereocenters. The van der Waals surface area contributed by atoms with E-state index in [1.807, 2.05) is 6.92 Å². The van der Waals surface area contributed by atoms with Crippen molar-refractivity contribution in [2.45, 2.75) is 39.3 Å². The molecule has 21 heavy (non-hydrogen) atoms. The number of carbonyl (C=O) groups excluding carboxylic acids is 2. The zero-order valence-electron chi connectivity index (χ0n) is 12.1. The Balaban J connectivity index is 2.36. The van der Waals surface area contributed by atoms with Gasteiger partial charge in [0.1, 0.15) is 11.7 Å². The maximum absolute atomic E-state index is 11.9. The van der Waals surface area contributed by atoms with E-state index < -0.39 is 16.9 Å². The molecule has 1 aliphatic rings. The van der Waals surface area contributed by atoms with E-state index in [0.717, 1.165) is 11.3 Å². The quantitative estimate of drug-likeness (QED) is 0.486. The van der Waals surface area contributed by atoms with E-state index in [9.17, 15) is 19.7 Å². The van der Waals surface area contributed by atoms with E-state index >= 15 is 0 Å². The minimum Gasteiger partial charge on any atom is -0.352 e. The molecule has 0 bridgehead atoms. The summed E-state index contributed by atoms with van der Waals surface area (Å²) in [5, 5.41) is 18.1. The summed E-state index contributed by atoms with van der Waals surface area (Å²) in [5.74, 6) is -0.518. The van der Waals surface area contributed by atoms with Crippen LogP contribution in [0.1, 0.15) is 25.5 Å². The highest BCUT2D eigenvalue weighted by Gasteiger charge is 2.38. The Kier molecular flexibility index (Phi) is 3.92. The molecule has 2 amide bonds. The van der Waals surface area contributed by atoms with Crippen LogP contribution in [0.25, 0.3) is 0 Å². The summed E-state index contributed by atoms with van der Waals surface area (Å²) in [5.41, 5.74) is 0.124. The lowest BCUT2D eigenvalue weighted by Gasteiger charge is -2.13. The lowest BCUT2D eigenvalue weighted by molar-refractivity contribution is -0.384. The number of nitro groups is 1. The largest absolute Gasteiger partial charge is 0.352 e. The predicted octanol–water partition coefficient (Wildman–Crippen LogP) is 0.679. The van der Waals surface area contributed by atoms with Gasteiger partial charge in [0.25, 0.3) is 5.91 Å². The fourth-order valence-corrected chi connectivity index (χ4v) is 2.34. The molecule has 9 heteroatoms. The Morgan fingerprint density at radius 3 is 2.62 bits per heavy atom. The molecule has 0 aliphatic carbocycles. The molecule has 0 aromatic carbocycles. The van der Waals surface area contributed by atoms with E-state index in [1.54, 1.807) is 6.92 Å². The maximum Gasteiger partial charge on any atom is 0.333 e. The third kappa shape index (κ3) is 2.58. The first kappa shape index (κ1) is 14.9. The molecular weight excluding hydrogens is 278 g/mol.